The van der Waals surface area contributed by atoms with E-state index in [4.69, 9.17) is 15.3 Å². The largest absolute Gasteiger partial charge is 1.00 e. The SMILES string of the molecule is O=C([O-])CC(O)(CC(=O)O)C(=O)O.[H-].[H-].[Na+].[Na+].[Na+]. The van der Waals surface area contributed by atoms with E-state index >= 15 is 0 Å². The molecular weight excluding hydrogens is 253 g/mol. The number of carbonyl (C=O) groups is 3. The monoisotopic (exact) mass is 262 g/mol. The first-order chi connectivity index (χ1) is 5.78. The molecule has 0 aromatic carbocycles. The summed E-state index contributed by atoms with van der Waals surface area (Å²) < 4.78 is 0. The Labute approximate surface area is 160 Å². The van der Waals surface area contributed by atoms with E-state index in [1.54, 1.807) is 0 Å². The van der Waals surface area contributed by atoms with E-state index in [0.717, 1.165) is 0 Å². The first-order valence-corrected chi connectivity index (χ1v) is 3.15. The minimum absolute atomic E-state index is 0. The predicted molar refractivity (Wildman–Crippen MR) is 36.7 cm³/mol. The first kappa shape index (κ1) is 26.0. The van der Waals surface area contributed by atoms with Crippen molar-refractivity contribution in [3.8, 4) is 0 Å². The molecule has 0 rings (SSSR count). The Morgan fingerprint density at radius 1 is 1.06 bits per heavy atom. The van der Waals surface area contributed by atoms with Crippen molar-refractivity contribution in [2.24, 2.45) is 0 Å². The number of rotatable bonds is 5. The average Bonchev–Trinajstić information content (AvgIpc) is 1.82. The van der Waals surface area contributed by atoms with Crippen LogP contribution in [0.4, 0.5) is 0 Å². The minimum atomic E-state index is -2.80. The summed E-state index contributed by atoms with van der Waals surface area (Å²) in [6.45, 7) is 0. The molecule has 0 aliphatic heterocycles. The van der Waals surface area contributed by atoms with Gasteiger partial charge in [0.15, 0.2) is 5.60 Å². The van der Waals surface area contributed by atoms with E-state index in [1.807, 2.05) is 0 Å². The van der Waals surface area contributed by atoms with Crippen molar-refractivity contribution >= 4 is 17.9 Å². The van der Waals surface area contributed by atoms with Gasteiger partial charge < -0.3 is 28.1 Å². The van der Waals surface area contributed by atoms with Crippen molar-refractivity contribution in [1.29, 1.82) is 0 Å². The van der Waals surface area contributed by atoms with Crippen LogP contribution >= 0.6 is 0 Å². The summed E-state index contributed by atoms with van der Waals surface area (Å²) in [6.07, 6.45) is -2.44. The molecule has 0 spiro atoms. The van der Waals surface area contributed by atoms with Gasteiger partial charge in [-0.05, 0) is 0 Å². The topological polar surface area (TPSA) is 135 Å². The standard InChI is InChI=1S/C6H8O7.3Na.2H/c7-3(8)1-6(13,5(11)12)2-4(9)10;;;;;/h13H,1-2H2,(H,7,8)(H,9,10)(H,11,12);;;;;/q;3*+1;2*-1/p-1. The molecule has 10 heteroatoms. The van der Waals surface area contributed by atoms with Crippen molar-refractivity contribution in [1.82, 2.24) is 0 Å². The number of carbonyl (C=O) groups excluding carboxylic acids is 1. The molecule has 1 unspecified atom stereocenters. The van der Waals surface area contributed by atoms with Gasteiger partial charge in [-0.1, -0.05) is 0 Å². The zero-order chi connectivity index (χ0) is 10.6. The summed E-state index contributed by atoms with van der Waals surface area (Å²) in [5, 5.41) is 35.5. The molecule has 7 nitrogen and oxygen atoms in total. The predicted octanol–water partition coefficient (Wildman–Crippen LogP) is -11.3. The van der Waals surface area contributed by atoms with Gasteiger partial charge in [0.1, 0.15) is 0 Å². The van der Waals surface area contributed by atoms with Crippen LogP contribution in [0.15, 0.2) is 0 Å². The van der Waals surface area contributed by atoms with Gasteiger partial charge in [0.2, 0.25) is 0 Å². The molecule has 0 heterocycles. The van der Waals surface area contributed by atoms with Crippen LogP contribution in [0.1, 0.15) is 15.7 Å². The molecular formula is C6H9Na3O7. The molecule has 0 saturated heterocycles. The molecule has 0 amide bonds. The third-order valence-corrected chi connectivity index (χ3v) is 1.28. The zero-order valence-electron chi connectivity index (χ0n) is 11.4. The van der Waals surface area contributed by atoms with E-state index in [-0.39, 0.29) is 91.5 Å². The Morgan fingerprint density at radius 2 is 1.44 bits per heavy atom. The molecule has 0 aromatic rings. The van der Waals surface area contributed by atoms with Gasteiger partial charge in [-0.3, -0.25) is 4.79 Å². The van der Waals surface area contributed by atoms with Crippen LogP contribution in [0, 0.1) is 0 Å². The van der Waals surface area contributed by atoms with E-state index < -0.39 is 36.4 Å². The van der Waals surface area contributed by atoms with Crippen molar-refractivity contribution in [3.63, 3.8) is 0 Å². The molecule has 0 saturated carbocycles. The van der Waals surface area contributed by atoms with Gasteiger partial charge >= 0.3 is 101 Å². The number of carboxylic acid groups (broad SMARTS) is 3. The molecule has 0 bridgehead atoms. The Hall–Kier alpha value is 1.37. The van der Waals surface area contributed by atoms with Gasteiger partial charge in [0.25, 0.3) is 0 Å². The molecule has 0 aromatic heterocycles. The summed E-state index contributed by atoms with van der Waals surface area (Å²) in [7, 11) is 0. The van der Waals surface area contributed by atoms with Crippen LogP contribution < -0.4 is 93.8 Å². The number of hydrogen-bond acceptors (Lipinski definition) is 5. The van der Waals surface area contributed by atoms with Gasteiger partial charge in [-0.2, -0.15) is 0 Å². The molecule has 16 heavy (non-hydrogen) atoms. The van der Waals surface area contributed by atoms with Crippen LogP contribution in [0.3, 0.4) is 0 Å². The van der Waals surface area contributed by atoms with Crippen LogP contribution in [0.25, 0.3) is 0 Å². The summed E-state index contributed by atoms with van der Waals surface area (Å²) in [5.74, 6) is -5.34. The molecule has 78 valence electrons. The van der Waals surface area contributed by atoms with Gasteiger partial charge in [0, 0.05) is 12.4 Å². The first-order valence-electron chi connectivity index (χ1n) is 3.15. The number of aliphatic carboxylic acids is 3. The maximum absolute atomic E-state index is 10.3. The zero-order valence-corrected chi connectivity index (χ0v) is 15.4. The molecule has 1 atom stereocenters. The van der Waals surface area contributed by atoms with E-state index in [0.29, 0.717) is 0 Å². The van der Waals surface area contributed by atoms with E-state index in [2.05, 4.69) is 0 Å². The van der Waals surface area contributed by atoms with E-state index in [9.17, 15) is 19.5 Å². The van der Waals surface area contributed by atoms with Crippen molar-refractivity contribution in [2.75, 3.05) is 0 Å². The van der Waals surface area contributed by atoms with Gasteiger partial charge in [0.05, 0.1) is 6.42 Å². The molecule has 0 fully saturated rings. The molecule has 0 aliphatic rings. The summed E-state index contributed by atoms with van der Waals surface area (Å²) in [4.78, 5) is 30.3. The summed E-state index contributed by atoms with van der Waals surface area (Å²) in [6, 6.07) is 0. The van der Waals surface area contributed by atoms with Crippen LogP contribution in [-0.4, -0.2) is 38.8 Å². The number of hydrogen-bond donors (Lipinski definition) is 3. The van der Waals surface area contributed by atoms with Crippen molar-refractivity contribution in [3.05, 3.63) is 0 Å². The molecule has 0 radical (unpaired) electrons. The Morgan fingerprint density at radius 3 is 1.62 bits per heavy atom. The minimum Gasteiger partial charge on any atom is -1.00 e. The summed E-state index contributed by atoms with van der Waals surface area (Å²) >= 11 is 0. The number of aliphatic hydroxyl groups is 1. The Bertz CT molecular complexity index is 248. The normalized spacial score (nSPS) is 11.8. The maximum Gasteiger partial charge on any atom is 1.00 e. The fraction of sp³-hybridized carbons (Fsp3) is 0.500. The third-order valence-electron chi connectivity index (χ3n) is 1.28. The van der Waals surface area contributed by atoms with Crippen LogP contribution in [0.2, 0.25) is 0 Å². The van der Waals surface area contributed by atoms with Crippen LogP contribution in [0.5, 0.6) is 0 Å². The number of carboxylic acids is 3. The molecule has 0 aliphatic carbocycles. The van der Waals surface area contributed by atoms with Crippen molar-refractivity contribution in [2.45, 2.75) is 18.4 Å². The quantitative estimate of drug-likeness (QED) is 0.418. The Balaban J connectivity index is -0.0000000720. The fourth-order valence-electron chi connectivity index (χ4n) is 0.703. The third kappa shape index (κ3) is 10.5. The van der Waals surface area contributed by atoms with Gasteiger partial charge in [-0.25, -0.2) is 4.79 Å². The second kappa shape index (κ2) is 11.5. The second-order valence-corrected chi connectivity index (χ2v) is 2.46. The average molecular weight is 262 g/mol. The second-order valence-electron chi connectivity index (χ2n) is 2.46. The van der Waals surface area contributed by atoms with Crippen LogP contribution in [-0.2, 0) is 14.4 Å². The van der Waals surface area contributed by atoms with Crippen molar-refractivity contribution < 1.29 is 126 Å². The van der Waals surface area contributed by atoms with E-state index in [1.165, 1.54) is 0 Å². The summed E-state index contributed by atoms with van der Waals surface area (Å²) in [5.41, 5.74) is -2.80. The molecule has 3 N–H and O–H groups in total. The fourth-order valence-corrected chi connectivity index (χ4v) is 0.703. The van der Waals surface area contributed by atoms with Gasteiger partial charge in [-0.15, -0.1) is 0 Å². The smallest absolute Gasteiger partial charge is 1.00 e. The maximum atomic E-state index is 10.3. The Kier molecular flexibility index (Phi) is 18.7.